The second-order valence-electron chi connectivity index (χ2n) is 4.25. The molecule has 0 aliphatic rings. The van der Waals surface area contributed by atoms with Gasteiger partial charge in [0.05, 0.1) is 12.6 Å². The minimum Gasteiger partial charge on any atom is -0.380 e. The van der Waals surface area contributed by atoms with E-state index in [1.165, 1.54) is 0 Å². The monoisotopic (exact) mass is 250 g/mol. The van der Waals surface area contributed by atoms with E-state index in [2.05, 4.69) is 0 Å². The lowest BCUT2D eigenvalue weighted by atomic mass is 10.1. The van der Waals surface area contributed by atoms with Gasteiger partial charge in [0.2, 0.25) is 5.91 Å². The first-order valence-corrected chi connectivity index (χ1v) is 6.27. The van der Waals surface area contributed by atoms with Crippen LogP contribution in [0.1, 0.15) is 12.5 Å². The topological polar surface area (TPSA) is 55.6 Å². The van der Waals surface area contributed by atoms with E-state index >= 15 is 0 Å². The van der Waals surface area contributed by atoms with E-state index in [1.807, 2.05) is 37.3 Å². The largest absolute Gasteiger partial charge is 0.380 e. The van der Waals surface area contributed by atoms with E-state index in [0.29, 0.717) is 26.2 Å². The summed E-state index contributed by atoms with van der Waals surface area (Å²) in [6.45, 7) is 3.73. The molecule has 0 bridgehead atoms. The molecule has 0 heterocycles. The fraction of sp³-hybridized carbons (Fsp3) is 0.500. The summed E-state index contributed by atoms with van der Waals surface area (Å²) in [5.74, 6) is -0.0430. The van der Waals surface area contributed by atoms with Crippen molar-refractivity contribution in [1.29, 1.82) is 0 Å². The van der Waals surface area contributed by atoms with Crippen molar-refractivity contribution < 1.29 is 9.53 Å². The van der Waals surface area contributed by atoms with Crippen LogP contribution in [-0.2, 0) is 16.0 Å². The summed E-state index contributed by atoms with van der Waals surface area (Å²) in [6.07, 6.45) is 0.568. The molecule has 0 spiro atoms. The number of benzene rings is 1. The Balaban J connectivity index is 2.41. The zero-order chi connectivity index (χ0) is 13.4. The third kappa shape index (κ3) is 4.85. The molecule has 1 aromatic rings. The molecule has 0 radical (unpaired) electrons. The zero-order valence-electron chi connectivity index (χ0n) is 11.1. The Labute approximate surface area is 109 Å². The van der Waals surface area contributed by atoms with E-state index in [4.69, 9.17) is 10.5 Å². The third-order valence-corrected chi connectivity index (χ3v) is 2.77. The Morgan fingerprint density at radius 2 is 2.06 bits per heavy atom. The first-order chi connectivity index (χ1) is 8.65. The van der Waals surface area contributed by atoms with Crippen LogP contribution in [0.5, 0.6) is 0 Å². The van der Waals surface area contributed by atoms with Gasteiger partial charge in [0.15, 0.2) is 0 Å². The summed E-state index contributed by atoms with van der Waals surface area (Å²) >= 11 is 0. The molecular formula is C14H22N2O2. The average Bonchev–Trinajstić information content (AvgIpc) is 2.39. The predicted octanol–water partition coefficient (Wildman–Crippen LogP) is 1.05. The molecule has 100 valence electrons. The van der Waals surface area contributed by atoms with Gasteiger partial charge in [-0.25, -0.2) is 0 Å². The highest BCUT2D eigenvalue weighted by atomic mass is 16.5. The normalized spacial score (nSPS) is 12.2. The van der Waals surface area contributed by atoms with Crippen LogP contribution in [0.15, 0.2) is 30.3 Å². The maximum absolute atomic E-state index is 12.0. The molecule has 4 nitrogen and oxygen atoms in total. The molecule has 0 aliphatic heterocycles. The van der Waals surface area contributed by atoms with E-state index in [1.54, 1.807) is 11.9 Å². The standard InChI is InChI=1S/C14H22N2O2/c1-3-18-10-9-16(2)14(17)13(15)11-12-7-5-4-6-8-12/h4-8,13H,3,9-11,15H2,1-2H3/t13-/m1/s1. The highest BCUT2D eigenvalue weighted by Crippen LogP contribution is 2.03. The number of nitrogens with two attached hydrogens (primary N) is 1. The quantitative estimate of drug-likeness (QED) is 0.736. The zero-order valence-corrected chi connectivity index (χ0v) is 11.1. The van der Waals surface area contributed by atoms with Gasteiger partial charge in [0.25, 0.3) is 0 Å². The van der Waals surface area contributed by atoms with Gasteiger partial charge < -0.3 is 15.4 Å². The lowest BCUT2D eigenvalue weighted by Gasteiger charge is -2.21. The van der Waals surface area contributed by atoms with E-state index in [0.717, 1.165) is 5.56 Å². The van der Waals surface area contributed by atoms with Crippen LogP contribution >= 0.6 is 0 Å². The highest BCUT2D eigenvalue weighted by molar-refractivity contribution is 5.81. The number of hydrogen-bond donors (Lipinski definition) is 1. The third-order valence-electron chi connectivity index (χ3n) is 2.77. The van der Waals surface area contributed by atoms with Gasteiger partial charge in [0, 0.05) is 20.2 Å². The molecule has 0 saturated carbocycles. The van der Waals surface area contributed by atoms with Gasteiger partial charge in [-0.1, -0.05) is 30.3 Å². The summed E-state index contributed by atoms with van der Waals surface area (Å²) in [5, 5.41) is 0. The van der Waals surface area contributed by atoms with Crippen molar-refractivity contribution in [3.05, 3.63) is 35.9 Å². The van der Waals surface area contributed by atoms with Crippen LogP contribution in [0.3, 0.4) is 0 Å². The number of likely N-dealkylation sites (N-methyl/N-ethyl adjacent to an activating group) is 1. The molecule has 1 aromatic carbocycles. The lowest BCUT2D eigenvalue weighted by molar-refractivity contribution is -0.131. The first-order valence-electron chi connectivity index (χ1n) is 6.27. The van der Waals surface area contributed by atoms with Gasteiger partial charge in [-0.2, -0.15) is 0 Å². The number of rotatable bonds is 7. The summed E-state index contributed by atoms with van der Waals surface area (Å²) < 4.78 is 5.22. The van der Waals surface area contributed by atoms with Crippen molar-refractivity contribution in [2.45, 2.75) is 19.4 Å². The summed E-state index contributed by atoms with van der Waals surface area (Å²) in [4.78, 5) is 13.6. The summed E-state index contributed by atoms with van der Waals surface area (Å²) in [7, 11) is 1.76. The molecule has 1 atom stereocenters. The summed E-state index contributed by atoms with van der Waals surface area (Å²) in [6, 6.07) is 9.32. The molecular weight excluding hydrogens is 228 g/mol. The van der Waals surface area contributed by atoms with Gasteiger partial charge in [-0.15, -0.1) is 0 Å². The Bertz CT molecular complexity index is 354. The number of carbonyl (C=O) groups excluding carboxylic acids is 1. The smallest absolute Gasteiger partial charge is 0.239 e. The first kappa shape index (κ1) is 14.7. The van der Waals surface area contributed by atoms with Crippen molar-refractivity contribution >= 4 is 5.91 Å². The second kappa shape index (κ2) is 7.84. The molecule has 1 amide bonds. The predicted molar refractivity (Wildman–Crippen MR) is 72.3 cm³/mol. The number of nitrogens with zero attached hydrogens (tertiary/aromatic N) is 1. The number of carbonyl (C=O) groups is 1. The molecule has 18 heavy (non-hydrogen) atoms. The minimum absolute atomic E-state index is 0.0430. The molecule has 0 aromatic heterocycles. The molecule has 0 unspecified atom stereocenters. The maximum Gasteiger partial charge on any atom is 0.239 e. The number of ether oxygens (including phenoxy) is 1. The summed E-state index contributed by atoms with van der Waals surface area (Å²) in [5.41, 5.74) is 7.00. The maximum atomic E-state index is 12.0. The van der Waals surface area contributed by atoms with Crippen LogP contribution in [0.4, 0.5) is 0 Å². The van der Waals surface area contributed by atoms with Crippen molar-refractivity contribution in [2.75, 3.05) is 26.8 Å². The Morgan fingerprint density at radius 3 is 2.67 bits per heavy atom. The molecule has 4 heteroatoms. The number of amides is 1. The molecule has 1 rings (SSSR count). The molecule has 0 fully saturated rings. The Morgan fingerprint density at radius 1 is 1.39 bits per heavy atom. The van der Waals surface area contributed by atoms with Crippen LogP contribution in [-0.4, -0.2) is 43.7 Å². The second-order valence-corrected chi connectivity index (χ2v) is 4.25. The van der Waals surface area contributed by atoms with Crippen molar-refractivity contribution in [1.82, 2.24) is 4.90 Å². The van der Waals surface area contributed by atoms with Gasteiger partial charge in [-0.3, -0.25) is 4.79 Å². The van der Waals surface area contributed by atoms with E-state index in [9.17, 15) is 4.79 Å². The van der Waals surface area contributed by atoms with Crippen LogP contribution in [0.2, 0.25) is 0 Å². The Kier molecular flexibility index (Phi) is 6.39. The van der Waals surface area contributed by atoms with Crippen molar-refractivity contribution in [3.8, 4) is 0 Å². The molecule has 0 saturated heterocycles. The lowest BCUT2D eigenvalue weighted by Crippen LogP contribution is -2.44. The van der Waals surface area contributed by atoms with Gasteiger partial charge >= 0.3 is 0 Å². The van der Waals surface area contributed by atoms with Crippen LogP contribution < -0.4 is 5.73 Å². The average molecular weight is 250 g/mol. The molecule has 0 aliphatic carbocycles. The van der Waals surface area contributed by atoms with E-state index < -0.39 is 6.04 Å². The minimum atomic E-state index is -0.487. The van der Waals surface area contributed by atoms with E-state index in [-0.39, 0.29) is 5.91 Å². The van der Waals surface area contributed by atoms with Crippen LogP contribution in [0.25, 0.3) is 0 Å². The van der Waals surface area contributed by atoms with Crippen molar-refractivity contribution in [2.24, 2.45) is 5.73 Å². The fourth-order valence-electron chi connectivity index (χ4n) is 1.69. The van der Waals surface area contributed by atoms with Gasteiger partial charge in [0.1, 0.15) is 0 Å². The SMILES string of the molecule is CCOCCN(C)C(=O)[C@H](N)Cc1ccccc1. The molecule has 2 N–H and O–H groups in total. The number of hydrogen-bond acceptors (Lipinski definition) is 3. The van der Waals surface area contributed by atoms with Crippen molar-refractivity contribution in [3.63, 3.8) is 0 Å². The Hall–Kier alpha value is -1.39. The highest BCUT2D eigenvalue weighted by Gasteiger charge is 2.17. The van der Waals surface area contributed by atoms with Gasteiger partial charge in [-0.05, 0) is 18.9 Å². The fourth-order valence-corrected chi connectivity index (χ4v) is 1.69. The van der Waals surface area contributed by atoms with Crippen LogP contribution in [0, 0.1) is 0 Å².